The minimum atomic E-state index is 0.138. The Morgan fingerprint density at radius 2 is 1.93 bits per heavy atom. The van der Waals surface area contributed by atoms with Crippen LogP contribution in [-0.4, -0.2) is 51.6 Å². The summed E-state index contributed by atoms with van der Waals surface area (Å²) in [5.74, 6) is 1.84. The van der Waals surface area contributed by atoms with Crippen molar-refractivity contribution in [2.24, 2.45) is 0 Å². The standard InChI is InChI=1S/C23H28N4O2/c1-16-15-25-22(17-7-12-29-13-8-17)27(16)20-5-10-26(11-6-20)23(28)19-2-3-21-18(14-19)4-9-24-21/h2-4,9,14-15,17,20,24H,5-8,10-13H2,1H3. The molecule has 3 aromatic rings. The lowest BCUT2D eigenvalue weighted by molar-refractivity contribution is 0.0683. The van der Waals surface area contributed by atoms with Crippen LogP contribution in [0.15, 0.2) is 36.7 Å². The largest absolute Gasteiger partial charge is 0.381 e. The van der Waals surface area contributed by atoms with Crippen LogP contribution in [0.1, 0.15) is 59.5 Å². The number of aryl methyl sites for hydroxylation is 1. The molecule has 5 rings (SSSR count). The maximum absolute atomic E-state index is 13.0. The monoisotopic (exact) mass is 392 g/mol. The molecule has 152 valence electrons. The number of aromatic nitrogens is 3. The van der Waals surface area contributed by atoms with E-state index in [0.717, 1.165) is 68.5 Å². The third-order valence-electron chi connectivity index (χ3n) is 6.51. The molecular weight excluding hydrogens is 364 g/mol. The first-order valence-electron chi connectivity index (χ1n) is 10.7. The van der Waals surface area contributed by atoms with Crippen LogP contribution in [0.5, 0.6) is 0 Å². The molecule has 2 aliphatic heterocycles. The van der Waals surface area contributed by atoms with E-state index in [1.54, 1.807) is 0 Å². The minimum Gasteiger partial charge on any atom is -0.381 e. The number of nitrogens with one attached hydrogen (secondary N) is 1. The molecule has 2 saturated heterocycles. The second kappa shape index (κ2) is 7.67. The smallest absolute Gasteiger partial charge is 0.253 e. The first kappa shape index (κ1) is 18.4. The average molecular weight is 393 g/mol. The van der Waals surface area contributed by atoms with Gasteiger partial charge in [-0.05, 0) is 56.9 Å². The fourth-order valence-electron chi connectivity index (χ4n) is 4.89. The van der Waals surface area contributed by atoms with Crippen LogP contribution in [-0.2, 0) is 4.74 Å². The van der Waals surface area contributed by atoms with E-state index in [1.165, 1.54) is 11.5 Å². The van der Waals surface area contributed by atoms with E-state index < -0.39 is 0 Å². The summed E-state index contributed by atoms with van der Waals surface area (Å²) in [6.07, 6.45) is 7.98. The summed E-state index contributed by atoms with van der Waals surface area (Å²) in [7, 11) is 0. The SMILES string of the molecule is Cc1cnc(C2CCOCC2)n1C1CCN(C(=O)c2ccc3[nH]ccc3c2)CC1. The van der Waals surface area contributed by atoms with Crippen LogP contribution >= 0.6 is 0 Å². The van der Waals surface area contributed by atoms with E-state index in [0.29, 0.717) is 12.0 Å². The molecule has 0 radical (unpaired) electrons. The number of likely N-dealkylation sites (tertiary alicyclic amines) is 1. The number of rotatable bonds is 3. The Hall–Kier alpha value is -2.60. The molecule has 6 nitrogen and oxygen atoms in total. The van der Waals surface area contributed by atoms with Gasteiger partial charge in [-0.2, -0.15) is 0 Å². The molecule has 1 amide bonds. The van der Waals surface area contributed by atoms with Crippen molar-refractivity contribution >= 4 is 16.8 Å². The van der Waals surface area contributed by atoms with Crippen LogP contribution < -0.4 is 0 Å². The second-order valence-electron chi connectivity index (χ2n) is 8.32. The summed E-state index contributed by atoms with van der Waals surface area (Å²) in [6.45, 7) is 5.39. The molecule has 1 aromatic carbocycles. The number of aromatic amines is 1. The highest BCUT2D eigenvalue weighted by atomic mass is 16.5. The van der Waals surface area contributed by atoms with Crippen molar-refractivity contribution in [3.05, 3.63) is 53.7 Å². The summed E-state index contributed by atoms with van der Waals surface area (Å²) in [4.78, 5) is 23.0. The number of fused-ring (bicyclic) bond motifs is 1. The predicted octanol–water partition coefficient (Wildman–Crippen LogP) is 4.04. The molecule has 2 aromatic heterocycles. The molecule has 29 heavy (non-hydrogen) atoms. The number of hydrogen-bond acceptors (Lipinski definition) is 3. The third kappa shape index (κ3) is 3.46. The lowest BCUT2D eigenvalue weighted by atomic mass is 9.97. The highest BCUT2D eigenvalue weighted by Crippen LogP contribution is 2.33. The Morgan fingerprint density at radius 3 is 2.72 bits per heavy atom. The second-order valence-corrected chi connectivity index (χ2v) is 8.32. The van der Waals surface area contributed by atoms with Crippen LogP contribution in [0.25, 0.3) is 10.9 Å². The van der Waals surface area contributed by atoms with Gasteiger partial charge in [0.05, 0.1) is 0 Å². The first-order valence-corrected chi connectivity index (χ1v) is 10.7. The van der Waals surface area contributed by atoms with Crippen molar-refractivity contribution in [2.75, 3.05) is 26.3 Å². The van der Waals surface area contributed by atoms with Gasteiger partial charge < -0.3 is 19.2 Å². The van der Waals surface area contributed by atoms with Crippen molar-refractivity contribution in [2.45, 2.75) is 44.6 Å². The highest BCUT2D eigenvalue weighted by Gasteiger charge is 2.29. The number of amides is 1. The highest BCUT2D eigenvalue weighted by molar-refractivity contribution is 5.98. The van der Waals surface area contributed by atoms with Gasteiger partial charge >= 0.3 is 0 Å². The Morgan fingerprint density at radius 1 is 1.14 bits per heavy atom. The lowest BCUT2D eigenvalue weighted by Gasteiger charge is -2.35. The molecular formula is C23H28N4O2. The molecule has 0 aliphatic carbocycles. The Bertz CT molecular complexity index is 1010. The lowest BCUT2D eigenvalue weighted by Crippen LogP contribution is -2.39. The number of carbonyl (C=O) groups is 1. The Kier molecular flexibility index (Phi) is 4.87. The molecule has 0 spiro atoms. The van der Waals surface area contributed by atoms with Crippen molar-refractivity contribution < 1.29 is 9.53 Å². The molecule has 0 saturated carbocycles. The fraction of sp³-hybridized carbons (Fsp3) is 0.478. The number of imidazole rings is 1. The minimum absolute atomic E-state index is 0.138. The van der Waals surface area contributed by atoms with Gasteiger partial charge in [-0.3, -0.25) is 4.79 Å². The molecule has 0 unspecified atom stereocenters. The average Bonchev–Trinajstić information content (AvgIpc) is 3.40. The van der Waals surface area contributed by atoms with Crippen molar-refractivity contribution in [3.8, 4) is 0 Å². The number of ether oxygens (including phenoxy) is 1. The zero-order valence-electron chi connectivity index (χ0n) is 16.9. The first-order chi connectivity index (χ1) is 14.2. The normalized spacial score (nSPS) is 19.1. The summed E-state index contributed by atoms with van der Waals surface area (Å²) >= 11 is 0. The number of nitrogens with zero attached hydrogens (tertiary/aromatic N) is 3. The van der Waals surface area contributed by atoms with E-state index in [1.807, 2.05) is 41.6 Å². The van der Waals surface area contributed by atoms with Gasteiger partial charge in [-0.25, -0.2) is 4.98 Å². The molecule has 0 atom stereocenters. The summed E-state index contributed by atoms with van der Waals surface area (Å²) < 4.78 is 7.98. The Balaban J connectivity index is 1.29. The maximum atomic E-state index is 13.0. The van der Waals surface area contributed by atoms with Gasteiger partial charge in [-0.15, -0.1) is 0 Å². The van der Waals surface area contributed by atoms with Crippen molar-refractivity contribution in [1.29, 1.82) is 0 Å². The number of benzene rings is 1. The third-order valence-corrected chi connectivity index (χ3v) is 6.51. The van der Waals surface area contributed by atoms with Crippen LogP contribution in [0, 0.1) is 6.92 Å². The molecule has 0 bridgehead atoms. The molecule has 2 aliphatic rings. The zero-order chi connectivity index (χ0) is 19.8. The van der Waals surface area contributed by atoms with E-state index in [2.05, 4.69) is 16.5 Å². The number of piperidine rings is 1. The molecule has 4 heterocycles. The van der Waals surface area contributed by atoms with E-state index >= 15 is 0 Å². The van der Waals surface area contributed by atoms with Gasteiger partial charge in [0.1, 0.15) is 5.82 Å². The van der Waals surface area contributed by atoms with Crippen molar-refractivity contribution in [1.82, 2.24) is 19.4 Å². The molecule has 1 N–H and O–H groups in total. The van der Waals surface area contributed by atoms with Crippen LogP contribution in [0.4, 0.5) is 0 Å². The maximum Gasteiger partial charge on any atom is 0.253 e. The van der Waals surface area contributed by atoms with Crippen molar-refractivity contribution in [3.63, 3.8) is 0 Å². The zero-order valence-corrected chi connectivity index (χ0v) is 16.9. The fourth-order valence-corrected chi connectivity index (χ4v) is 4.89. The number of hydrogen-bond donors (Lipinski definition) is 1. The van der Waals surface area contributed by atoms with Gasteiger partial charge in [0, 0.05) is 72.8 Å². The van der Waals surface area contributed by atoms with E-state index in [4.69, 9.17) is 9.72 Å². The van der Waals surface area contributed by atoms with E-state index in [-0.39, 0.29) is 5.91 Å². The molecule has 6 heteroatoms. The van der Waals surface area contributed by atoms with Gasteiger partial charge in [0.25, 0.3) is 5.91 Å². The van der Waals surface area contributed by atoms with Crippen LogP contribution in [0.2, 0.25) is 0 Å². The van der Waals surface area contributed by atoms with E-state index in [9.17, 15) is 4.79 Å². The summed E-state index contributed by atoms with van der Waals surface area (Å²) in [6, 6.07) is 8.34. The quantitative estimate of drug-likeness (QED) is 0.732. The summed E-state index contributed by atoms with van der Waals surface area (Å²) in [5.41, 5.74) is 3.07. The Labute approximate surface area is 170 Å². The van der Waals surface area contributed by atoms with Gasteiger partial charge in [0.15, 0.2) is 0 Å². The summed E-state index contributed by atoms with van der Waals surface area (Å²) in [5, 5.41) is 1.08. The number of H-pyrrole nitrogens is 1. The number of carbonyl (C=O) groups excluding carboxylic acids is 1. The molecule has 2 fully saturated rings. The van der Waals surface area contributed by atoms with Gasteiger partial charge in [-0.1, -0.05) is 0 Å². The van der Waals surface area contributed by atoms with Crippen LogP contribution in [0.3, 0.4) is 0 Å². The van der Waals surface area contributed by atoms with Gasteiger partial charge in [0.2, 0.25) is 0 Å². The predicted molar refractivity (Wildman–Crippen MR) is 112 cm³/mol. The topological polar surface area (TPSA) is 63.1 Å².